The van der Waals surface area contributed by atoms with Crippen molar-refractivity contribution in [2.75, 3.05) is 0 Å². The van der Waals surface area contributed by atoms with Crippen LogP contribution in [0.5, 0.6) is 0 Å². The highest BCUT2D eigenvalue weighted by Gasteiger charge is 2.16. The molecule has 2 heterocycles. The maximum Gasteiger partial charge on any atom is 0.491 e. The van der Waals surface area contributed by atoms with Crippen molar-refractivity contribution in [2.24, 2.45) is 0 Å². The van der Waals surface area contributed by atoms with Crippen LogP contribution in [-0.4, -0.2) is 17.2 Å². The molecule has 6 aromatic rings. The maximum atomic E-state index is 14.4. The fraction of sp³-hybridized carbons (Fsp3) is 0.200. The minimum atomic E-state index is -1.78. The van der Waals surface area contributed by atoms with Gasteiger partial charge in [0.2, 0.25) is 0 Å². The summed E-state index contributed by atoms with van der Waals surface area (Å²) in [6, 6.07) is 34.5. The van der Waals surface area contributed by atoms with Crippen LogP contribution in [0.15, 0.2) is 113 Å². The van der Waals surface area contributed by atoms with Gasteiger partial charge < -0.3 is 10.0 Å². The molecule has 2 aromatic heterocycles. The Kier molecular flexibility index (Phi) is 14.3. The van der Waals surface area contributed by atoms with E-state index < -0.39 is 12.9 Å². The van der Waals surface area contributed by atoms with Crippen molar-refractivity contribution in [1.29, 1.82) is 0 Å². The Hall–Kier alpha value is -3.40. The van der Waals surface area contributed by atoms with E-state index in [0.29, 0.717) is 5.56 Å². The lowest BCUT2D eigenvalue weighted by molar-refractivity contribution is 0.423. The van der Waals surface area contributed by atoms with E-state index in [-0.39, 0.29) is 11.3 Å². The average molecular weight is 746 g/mol. The number of rotatable bonds is 8. The van der Waals surface area contributed by atoms with Crippen LogP contribution in [0.2, 0.25) is 0 Å². The zero-order chi connectivity index (χ0) is 34.6. The lowest BCUT2D eigenvalue weighted by atomic mass is 9.79. The van der Waals surface area contributed by atoms with E-state index in [2.05, 4.69) is 73.1 Å². The number of aryl methyl sites for hydroxylation is 4. The minimum absolute atomic E-state index is 0.105. The summed E-state index contributed by atoms with van der Waals surface area (Å²) in [7, 11) is -1.78. The van der Waals surface area contributed by atoms with Gasteiger partial charge in [0.25, 0.3) is 0 Å². The van der Waals surface area contributed by atoms with Crippen molar-refractivity contribution in [1.82, 2.24) is 0 Å². The summed E-state index contributed by atoms with van der Waals surface area (Å²) in [6.45, 7) is 8.43. The molecule has 2 nitrogen and oxygen atoms in total. The Morgan fingerprint density at radius 2 is 1.06 bits per heavy atom. The summed E-state index contributed by atoms with van der Waals surface area (Å²) in [5, 5.41) is 18.0. The van der Waals surface area contributed by atoms with E-state index in [4.69, 9.17) is 10.0 Å². The molecule has 0 bridgehead atoms. The number of benzene rings is 4. The molecule has 0 atom stereocenters. The molecular weight excluding hydrogens is 705 g/mol. The first-order valence-electron chi connectivity index (χ1n) is 16.0. The Labute approximate surface area is 300 Å². The van der Waals surface area contributed by atoms with Crippen LogP contribution < -0.4 is 5.46 Å². The molecule has 0 radical (unpaired) electrons. The molecule has 0 fully saturated rings. The smallest absolute Gasteiger partial charge is 0.423 e. The zero-order valence-electron chi connectivity index (χ0n) is 27.6. The van der Waals surface area contributed by atoms with Crippen molar-refractivity contribution in [3.8, 4) is 32.7 Å². The van der Waals surface area contributed by atoms with Gasteiger partial charge in [0.05, 0.1) is 3.79 Å². The van der Waals surface area contributed by atoms with Gasteiger partial charge in [-0.3, -0.25) is 0 Å². The first-order valence-corrected chi connectivity index (χ1v) is 18.4. The van der Waals surface area contributed by atoms with E-state index in [1.807, 2.05) is 55.5 Å². The second-order valence-corrected chi connectivity index (χ2v) is 15.4. The molecule has 0 unspecified atom stereocenters. The molecular formula is C40H40BBrF2O2S2. The SMILES string of the molecule is CCCc1ccc(-c2ccc(-c3ccc(C)s3)c(F)c2)cc1.CCCc1ccc(-c2ccc(B(O)O)c(F)c2)cc1.Cc1ccc(Br)s1. The molecule has 48 heavy (non-hydrogen) atoms. The van der Waals surface area contributed by atoms with Gasteiger partial charge in [-0.05, 0) is 118 Å². The number of hydrogen-bond acceptors (Lipinski definition) is 4. The molecule has 0 spiro atoms. The molecule has 2 N–H and O–H groups in total. The topological polar surface area (TPSA) is 40.5 Å². The largest absolute Gasteiger partial charge is 0.491 e. The van der Waals surface area contributed by atoms with Gasteiger partial charge in [0, 0.05) is 25.7 Å². The number of halogens is 3. The molecule has 0 aliphatic rings. The minimum Gasteiger partial charge on any atom is -0.423 e. The van der Waals surface area contributed by atoms with Gasteiger partial charge in [-0.2, -0.15) is 0 Å². The third-order valence-electron chi connectivity index (χ3n) is 7.61. The van der Waals surface area contributed by atoms with Crippen molar-refractivity contribution < 1.29 is 18.8 Å². The van der Waals surface area contributed by atoms with Crippen LogP contribution in [0.3, 0.4) is 0 Å². The summed E-state index contributed by atoms with van der Waals surface area (Å²) < 4.78 is 29.3. The molecule has 0 aliphatic carbocycles. The van der Waals surface area contributed by atoms with Gasteiger partial charge in [0.15, 0.2) is 0 Å². The zero-order valence-corrected chi connectivity index (χ0v) is 30.9. The van der Waals surface area contributed by atoms with E-state index in [1.54, 1.807) is 34.8 Å². The second-order valence-electron chi connectivity index (χ2n) is 11.5. The lowest BCUT2D eigenvalue weighted by Crippen LogP contribution is -2.32. The molecule has 4 aromatic carbocycles. The summed E-state index contributed by atoms with van der Waals surface area (Å²) in [6.07, 6.45) is 4.36. The van der Waals surface area contributed by atoms with E-state index >= 15 is 0 Å². The standard InChI is InChI=1S/C20H19FS.C15H16BFO2.C5H5BrS/c1-3-4-15-6-8-16(9-7-15)17-10-11-18(19(21)13-17)20-12-5-14(2)22-20;1-2-3-11-4-6-12(7-5-11)13-8-9-14(16(18)19)15(17)10-13;1-4-2-3-5(6)7-4/h5-13H,3-4H2,1-2H3;4-10,18-19H,2-3H2,1H3;2-3H,1H3. The van der Waals surface area contributed by atoms with E-state index in [1.165, 1.54) is 36.8 Å². The maximum absolute atomic E-state index is 14.4. The van der Waals surface area contributed by atoms with Gasteiger partial charge >= 0.3 is 7.12 Å². The first-order chi connectivity index (χ1) is 23.1. The highest BCUT2D eigenvalue weighted by Crippen LogP contribution is 2.32. The predicted octanol–water partition coefficient (Wildman–Crippen LogP) is 11.4. The normalized spacial score (nSPS) is 10.5. The predicted molar refractivity (Wildman–Crippen MR) is 206 cm³/mol. The quantitative estimate of drug-likeness (QED) is 0.152. The molecule has 0 saturated carbocycles. The molecule has 8 heteroatoms. The van der Waals surface area contributed by atoms with Crippen molar-refractivity contribution in [3.05, 3.63) is 145 Å². The molecule has 0 amide bonds. The van der Waals surface area contributed by atoms with E-state index in [0.717, 1.165) is 52.8 Å². The average Bonchev–Trinajstić information content (AvgIpc) is 3.68. The fourth-order valence-corrected chi connectivity index (χ4v) is 7.47. The lowest BCUT2D eigenvalue weighted by Gasteiger charge is -2.07. The van der Waals surface area contributed by atoms with Gasteiger partial charge in [-0.15, -0.1) is 22.7 Å². The van der Waals surface area contributed by atoms with Gasteiger partial charge in [-0.25, -0.2) is 8.78 Å². The monoisotopic (exact) mass is 744 g/mol. The van der Waals surface area contributed by atoms with Gasteiger partial charge in [0.1, 0.15) is 11.6 Å². The first kappa shape index (κ1) is 37.4. The van der Waals surface area contributed by atoms with Crippen molar-refractivity contribution in [2.45, 2.75) is 53.4 Å². The fourth-order valence-electron chi connectivity index (χ4n) is 5.10. The van der Waals surface area contributed by atoms with E-state index in [9.17, 15) is 8.78 Å². The second kappa shape index (κ2) is 18.4. The van der Waals surface area contributed by atoms with Gasteiger partial charge in [-0.1, -0.05) is 93.4 Å². The molecule has 0 saturated heterocycles. The van der Waals surface area contributed by atoms with Crippen LogP contribution in [0.4, 0.5) is 8.78 Å². The Morgan fingerprint density at radius 1 is 0.583 bits per heavy atom. The van der Waals surface area contributed by atoms with Crippen LogP contribution in [-0.2, 0) is 12.8 Å². The third-order valence-corrected chi connectivity index (χ3v) is 10.2. The Balaban J connectivity index is 0.000000182. The summed E-state index contributed by atoms with van der Waals surface area (Å²) in [5.74, 6) is -0.762. The summed E-state index contributed by atoms with van der Waals surface area (Å²) >= 11 is 6.73. The molecule has 248 valence electrons. The van der Waals surface area contributed by atoms with Crippen LogP contribution in [0, 0.1) is 25.5 Å². The number of thiophene rings is 2. The molecule has 0 aliphatic heterocycles. The summed E-state index contributed by atoms with van der Waals surface area (Å²) in [4.78, 5) is 3.54. The van der Waals surface area contributed by atoms with Crippen LogP contribution in [0.25, 0.3) is 32.7 Å². The molecule has 6 rings (SSSR count). The summed E-state index contributed by atoms with van der Waals surface area (Å²) in [5.41, 5.74) is 6.80. The van der Waals surface area contributed by atoms with Crippen LogP contribution >= 0.6 is 38.6 Å². The van der Waals surface area contributed by atoms with Crippen molar-refractivity contribution in [3.63, 3.8) is 0 Å². The Morgan fingerprint density at radius 3 is 1.44 bits per heavy atom. The highest BCUT2D eigenvalue weighted by atomic mass is 79.9. The highest BCUT2D eigenvalue weighted by molar-refractivity contribution is 9.11. The Bertz CT molecular complexity index is 1870. The van der Waals surface area contributed by atoms with Crippen molar-refractivity contribution >= 4 is 51.2 Å². The third kappa shape index (κ3) is 10.8. The number of hydrogen-bond donors (Lipinski definition) is 2. The van der Waals surface area contributed by atoms with Crippen LogP contribution in [0.1, 0.15) is 47.6 Å².